The first-order valence-electron chi connectivity index (χ1n) is 3.61. The standard InChI is InChI=1S/C7H2F7OP/c8-3-2(1-15-16(13)14)4(9)6(11)7(12)5(3)10/h1H2. The van der Waals surface area contributed by atoms with Crippen molar-refractivity contribution in [3.63, 3.8) is 0 Å². The van der Waals surface area contributed by atoms with E-state index in [1.165, 1.54) is 0 Å². The van der Waals surface area contributed by atoms with E-state index in [4.69, 9.17) is 0 Å². The SMILES string of the molecule is Fc1c(F)c(F)c(COP(F)F)c(F)c1F. The van der Waals surface area contributed by atoms with E-state index in [0.717, 1.165) is 0 Å². The molecule has 0 spiro atoms. The molecule has 0 heterocycles. The minimum absolute atomic E-state index is 1.38. The highest BCUT2D eigenvalue weighted by atomic mass is 31.2. The summed E-state index contributed by atoms with van der Waals surface area (Å²) < 4.78 is 89.9. The molecule has 0 aliphatic rings. The van der Waals surface area contributed by atoms with Gasteiger partial charge < -0.3 is 4.52 Å². The fourth-order valence-corrected chi connectivity index (χ4v) is 1.12. The molecule has 90 valence electrons. The van der Waals surface area contributed by atoms with Crippen molar-refractivity contribution in [2.24, 2.45) is 0 Å². The van der Waals surface area contributed by atoms with Crippen LogP contribution in [-0.4, -0.2) is 0 Å². The molecular weight excluding hydrogens is 264 g/mol. The minimum Gasteiger partial charge on any atom is -0.301 e. The van der Waals surface area contributed by atoms with Gasteiger partial charge in [-0.05, 0) is 0 Å². The quantitative estimate of drug-likeness (QED) is 0.347. The van der Waals surface area contributed by atoms with E-state index in [9.17, 15) is 30.3 Å². The smallest absolute Gasteiger partial charge is 0.301 e. The van der Waals surface area contributed by atoms with Gasteiger partial charge in [0, 0.05) is 0 Å². The Balaban J connectivity index is 3.18. The van der Waals surface area contributed by atoms with Crippen molar-refractivity contribution in [1.29, 1.82) is 0 Å². The third-order valence-corrected chi connectivity index (χ3v) is 1.93. The molecule has 0 aromatic heterocycles. The van der Waals surface area contributed by atoms with Crippen LogP contribution in [0.3, 0.4) is 0 Å². The zero-order valence-corrected chi connectivity index (χ0v) is 8.10. The molecule has 0 radical (unpaired) electrons. The van der Waals surface area contributed by atoms with Crippen LogP contribution in [0.5, 0.6) is 0 Å². The first-order chi connectivity index (χ1) is 7.36. The van der Waals surface area contributed by atoms with E-state index in [1.807, 2.05) is 0 Å². The van der Waals surface area contributed by atoms with Crippen LogP contribution in [0.2, 0.25) is 0 Å². The van der Waals surface area contributed by atoms with Gasteiger partial charge in [-0.1, -0.05) is 0 Å². The van der Waals surface area contributed by atoms with Crippen molar-refractivity contribution in [2.75, 3.05) is 0 Å². The predicted octanol–water partition coefficient (Wildman–Crippen LogP) is 4.06. The fraction of sp³-hybridized carbons (Fsp3) is 0.143. The summed E-state index contributed by atoms with van der Waals surface area (Å²) in [5, 5.41) is 0. The molecule has 1 aromatic rings. The lowest BCUT2D eigenvalue weighted by Gasteiger charge is -2.07. The molecule has 0 aliphatic carbocycles. The average Bonchev–Trinajstić information content (AvgIpc) is 2.23. The lowest BCUT2D eigenvalue weighted by Crippen LogP contribution is -2.07. The van der Waals surface area contributed by atoms with Crippen molar-refractivity contribution >= 4 is 8.77 Å². The third kappa shape index (κ3) is 2.44. The number of hydrogen-bond donors (Lipinski definition) is 0. The molecule has 0 bridgehead atoms. The molecule has 0 atom stereocenters. The molecule has 0 saturated carbocycles. The number of benzene rings is 1. The van der Waals surface area contributed by atoms with Crippen LogP contribution in [0.15, 0.2) is 0 Å². The molecular formula is C7H2F7OP. The van der Waals surface area contributed by atoms with Crippen molar-refractivity contribution < 1.29 is 34.9 Å². The van der Waals surface area contributed by atoms with Gasteiger partial charge >= 0.3 is 8.77 Å². The average molecular weight is 266 g/mol. The van der Waals surface area contributed by atoms with Crippen LogP contribution >= 0.6 is 8.77 Å². The maximum atomic E-state index is 12.8. The molecule has 0 amide bonds. The lowest BCUT2D eigenvalue weighted by molar-refractivity contribution is 0.274. The summed E-state index contributed by atoms with van der Waals surface area (Å²) in [6.07, 6.45) is 0. The molecule has 16 heavy (non-hydrogen) atoms. The third-order valence-electron chi connectivity index (χ3n) is 1.61. The second-order valence-electron chi connectivity index (χ2n) is 2.52. The molecule has 1 rings (SSSR count). The maximum absolute atomic E-state index is 12.8. The molecule has 1 nitrogen and oxygen atoms in total. The van der Waals surface area contributed by atoms with Gasteiger partial charge in [0.1, 0.15) is 0 Å². The fourth-order valence-electron chi connectivity index (χ4n) is 0.890. The predicted molar refractivity (Wildman–Crippen MR) is 40.2 cm³/mol. The molecule has 9 heteroatoms. The summed E-state index contributed by atoms with van der Waals surface area (Å²) >= 11 is 0. The zero-order chi connectivity index (χ0) is 12.5. The summed E-state index contributed by atoms with van der Waals surface area (Å²) in [5.41, 5.74) is -1.42. The maximum Gasteiger partial charge on any atom is 0.415 e. The van der Waals surface area contributed by atoms with Gasteiger partial charge in [-0.3, -0.25) is 0 Å². The van der Waals surface area contributed by atoms with Gasteiger partial charge in [0.25, 0.3) is 0 Å². The molecule has 0 saturated heterocycles. The highest BCUT2D eigenvalue weighted by Gasteiger charge is 2.26. The second-order valence-corrected chi connectivity index (χ2v) is 3.19. The summed E-state index contributed by atoms with van der Waals surface area (Å²) in [4.78, 5) is 0. The summed E-state index contributed by atoms with van der Waals surface area (Å²) in [7, 11) is -3.95. The van der Waals surface area contributed by atoms with Crippen LogP contribution in [-0.2, 0) is 11.1 Å². The van der Waals surface area contributed by atoms with Crippen molar-refractivity contribution in [1.82, 2.24) is 0 Å². The Morgan fingerprint density at radius 1 is 0.750 bits per heavy atom. The van der Waals surface area contributed by atoms with Crippen LogP contribution in [0.4, 0.5) is 30.3 Å². The molecule has 0 aliphatic heterocycles. The van der Waals surface area contributed by atoms with E-state index in [-0.39, 0.29) is 0 Å². The van der Waals surface area contributed by atoms with Gasteiger partial charge in [-0.25, -0.2) is 22.0 Å². The Labute approximate surface area is 85.9 Å². The van der Waals surface area contributed by atoms with E-state index in [0.29, 0.717) is 0 Å². The normalized spacial score (nSPS) is 11.2. The summed E-state index contributed by atoms with van der Waals surface area (Å²) in [6.45, 7) is -1.38. The monoisotopic (exact) mass is 266 g/mol. The number of hydrogen-bond acceptors (Lipinski definition) is 1. The van der Waals surface area contributed by atoms with Crippen molar-refractivity contribution in [3.05, 3.63) is 34.6 Å². The number of halogens is 7. The molecule has 0 unspecified atom stereocenters. The molecule has 1 aromatic carbocycles. The summed E-state index contributed by atoms with van der Waals surface area (Å²) in [6, 6.07) is 0. The van der Waals surface area contributed by atoms with Crippen LogP contribution in [0, 0.1) is 29.1 Å². The Kier molecular flexibility index (Phi) is 4.09. The highest BCUT2D eigenvalue weighted by Crippen LogP contribution is 2.41. The van der Waals surface area contributed by atoms with Crippen LogP contribution in [0.25, 0.3) is 0 Å². The van der Waals surface area contributed by atoms with Gasteiger partial charge in [-0.2, -0.15) is 8.39 Å². The Morgan fingerprint density at radius 3 is 1.50 bits per heavy atom. The first kappa shape index (κ1) is 13.2. The number of rotatable bonds is 3. The van der Waals surface area contributed by atoms with Crippen molar-refractivity contribution in [2.45, 2.75) is 6.61 Å². The van der Waals surface area contributed by atoms with E-state index in [1.54, 1.807) is 0 Å². The van der Waals surface area contributed by atoms with Crippen molar-refractivity contribution in [3.8, 4) is 0 Å². The second kappa shape index (κ2) is 4.97. The van der Waals surface area contributed by atoms with Crippen LogP contribution < -0.4 is 0 Å². The Morgan fingerprint density at radius 2 is 1.12 bits per heavy atom. The van der Waals surface area contributed by atoms with Gasteiger partial charge in [-0.15, -0.1) is 0 Å². The highest BCUT2D eigenvalue weighted by molar-refractivity contribution is 7.40. The summed E-state index contributed by atoms with van der Waals surface area (Å²) in [5.74, 6) is -11.1. The topological polar surface area (TPSA) is 9.23 Å². The van der Waals surface area contributed by atoms with E-state index < -0.39 is 50.0 Å². The van der Waals surface area contributed by atoms with E-state index >= 15 is 0 Å². The molecule has 0 N–H and O–H groups in total. The zero-order valence-electron chi connectivity index (χ0n) is 7.21. The lowest BCUT2D eigenvalue weighted by atomic mass is 10.2. The largest absolute Gasteiger partial charge is 0.415 e. The van der Waals surface area contributed by atoms with Gasteiger partial charge in [0.15, 0.2) is 23.3 Å². The van der Waals surface area contributed by atoms with Crippen LogP contribution in [0.1, 0.15) is 5.56 Å². The Bertz CT molecular complexity index is 379. The first-order valence-corrected chi connectivity index (χ1v) is 4.65. The minimum atomic E-state index is -3.95. The Hall–Kier alpha value is -0.880. The molecule has 0 fully saturated rings. The van der Waals surface area contributed by atoms with Gasteiger partial charge in [0.2, 0.25) is 5.82 Å². The van der Waals surface area contributed by atoms with Gasteiger partial charge in [0.05, 0.1) is 12.2 Å². The van der Waals surface area contributed by atoms with E-state index in [2.05, 4.69) is 4.52 Å².